The maximum absolute atomic E-state index is 12.5. The molecule has 0 fully saturated rings. The summed E-state index contributed by atoms with van der Waals surface area (Å²) in [6, 6.07) is 23.1. The Hall–Kier alpha value is -4.36. The zero-order valence-electron chi connectivity index (χ0n) is 18.8. The minimum absolute atomic E-state index is 0.277. The molecular formula is C27H22ClN3O4. The average Bonchev–Trinajstić information content (AvgIpc) is 2.88. The molecule has 1 aromatic heterocycles. The third-order valence-corrected chi connectivity index (χ3v) is 5.28. The Morgan fingerprint density at radius 1 is 1.03 bits per heavy atom. The highest BCUT2D eigenvalue weighted by atomic mass is 35.5. The number of carbonyl (C=O) groups excluding carboxylic acids is 1. The van der Waals surface area contributed by atoms with Gasteiger partial charge in [0.25, 0.3) is 5.56 Å². The van der Waals surface area contributed by atoms with Crippen LogP contribution in [-0.4, -0.2) is 23.2 Å². The first-order valence-corrected chi connectivity index (χ1v) is 11.1. The van der Waals surface area contributed by atoms with E-state index in [2.05, 4.69) is 15.5 Å². The van der Waals surface area contributed by atoms with Crippen molar-refractivity contribution in [3.63, 3.8) is 0 Å². The largest absolute Gasteiger partial charge is 0.493 e. The fraction of sp³-hybridized carbons (Fsp3) is 0.0741. The van der Waals surface area contributed by atoms with Gasteiger partial charge >= 0.3 is 0 Å². The third-order valence-electron chi connectivity index (χ3n) is 5.03. The molecule has 0 aliphatic carbocycles. The van der Waals surface area contributed by atoms with Gasteiger partial charge in [-0.05, 0) is 59.7 Å². The molecule has 3 aromatic carbocycles. The molecule has 0 saturated heterocycles. The summed E-state index contributed by atoms with van der Waals surface area (Å²) in [5.41, 5.74) is 3.46. The van der Waals surface area contributed by atoms with Crippen LogP contribution >= 0.6 is 11.6 Å². The number of aromatic amines is 1. The van der Waals surface area contributed by atoms with Crippen LogP contribution in [0.25, 0.3) is 17.3 Å². The van der Waals surface area contributed by atoms with Crippen LogP contribution in [0.5, 0.6) is 11.5 Å². The van der Waals surface area contributed by atoms with Crippen molar-refractivity contribution in [2.45, 2.75) is 6.61 Å². The number of aromatic nitrogens is 2. The van der Waals surface area contributed by atoms with Crippen LogP contribution in [-0.2, 0) is 11.4 Å². The van der Waals surface area contributed by atoms with Crippen LogP contribution in [0.2, 0.25) is 5.02 Å². The Kier molecular flexibility index (Phi) is 7.60. The monoisotopic (exact) mass is 487 g/mol. The number of hydrogen-bond donors (Lipinski definition) is 2. The maximum atomic E-state index is 12.5. The summed E-state index contributed by atoms with van der Waals surface area (Å²) in [7, 11) is 1.56. The smallest absolute Gasteiger partial charge is 0.264 e. The Balaban J connectivity index is 1.39. The summed E-state index contributed by atoms with van der Waals surface area (Å²) in [6.07, 6.45) is 3.13. The van der Waals surface area contributed by atoms with Crippen LogP contribution in [0.4, 0.5) is 5.69 Å². The van der Waals surface area contributed by atoms with E-state index in [4.69, 9.17) is 21.1 Å². The lowest BCUT2D eigenvalue weighted by atomic mass is 10.1. The number of rotatable bonds is 8. The number of ether oxygens (including phenoxy) is 2. The van der Waals surface area contributed by atoms with E-state index in [0.717, 1.165) is 16.7 Å². The summed E-state index contributed by atoms with van der Waals surface area (Å²) in [5.74, 6) is 0.859. The second-order valence-electron chi connectivity index (χ2n) is 7.54. The van der Waals surface area contributed by atoms with Gasteiger partial charge in [0.15, 0.2) is 11.5 Å². The molecule has 0 saturated carbocycles. The summed E-state index contributed by atoms with van der Waals surface area (Å²) < 4.78 is 11.3. The molecule has 0 atom stereocenters. The van der Waals surface area contributed by atoms with Gasteiger partial charge in [0, 0.05) is 28.4 Å². The molecule has 0 aliphatic heterocycles. The summed E-state index contributed by atoms with van der Waals surface area (Å²) in [5, 5.41) is 9.91. The number of anilines is 1. The van der Waals surface area contributed by atoms with E-state index in [0.29, 0.717) is 34.5 Å². The molecule has 2 N–H and O–H groups in total. The number of nitrogens with one attached hydrogen (secondary N) is 2. The first kappa shape index (κ1) is 23.8. The average molecular weight is 488 g/mol. The number of carbonyl (C=O) groups is 1. The quantitative estimate of drug-likeness (QED) is 0.328. The Morgan fingerprint density at radius 2 is 1.86 bits per heavy atom. The molecule has 0 aliphatic rings. The van der Waals surface area contributed by atoms with Crippen LogP contribution in [0.3, 0.4) is 0 Å². The lowest BCUT2D eigenvalue weighted by Gasteiger charge is -2.11. The molecule has 1 amide bonds. The van der Waals surface area contributed by atoms with E-state index in [1.807, 2.05) is 36.4 Å². The van der Waals surface area contributed by atoms with Crippen molar-refractivity contribution in [3.8, 4) is 22.8 Å². The van der Waals surface area contributed by atoms with Gasteiger partial charge in [0.05, 0.1) is 12.8 Å². The highest BCUT2D eigenvalue weighted by Gasteiger charge is 2.07. The van der Waals surface area contributed by atoms with Crippen LogP contribution in [0.1, 0.15) is 11.1 Å². The van der Waals surface area contributed by atoms with Crippen LogP contribution < -0.4 is 20.3 Å². The second kappa shape index (κ2) is 11.2. The Morgan fingerprint density at radius 3 is 2.60 bits per heavy atom. The molecule has 176 valence electrons. The molecule has 4 aromatic rings. The lowest BCUT2D eigenvalue weighted by molar-refractivity contribution is -0.111. The van der Waals surface area contributed by atoms with E-state index in [9.17, 15) is 9.59 Å². The third kappa shape index (κ3) is 6.59. The first-order chi connectivity index (χ1) is 17.0. The van der Waals surface area contributed by atoms with Crippen molar-refractivity contribution >= 4 is 29.3 Å². The van der Waals surface area contributed by atoms with E-state index in [1.165, 1.54) is 12.1 Å². The van der Waals surface area contributed by atoms with Gasteiger partial charge in [-0.15, -0.1) is 0 Å². The topological polar surface area (TPSA) is 93.3 Å². The zero-order chi connectivity index (χ0) is 24.6. The lowest BCUT2D eigenvalue weighted by Crippen LogP contribution is -2.08. The standard InChI is InChI=1S/C27H22ClN3O4/c1-34-25-15-18(7-12-24(25)35-17-19-5-9-21(28)10-6-19)8-13-26(32)29-22-4-2-3-20(16-22)23-11-14-27(33)31-30-23/h2-16H,17H2,1H3,(H,29,32)(H,31,33)/b13-8+. The van der Waals surface area contributed by atoms with Crippen molar-refractivity contribution in [3.05, 3.63) is 111 Å². The molecular weight excluding hydrogens is 466 g/mol. The van der Waals surface area contributed by atoms with Crippen molar-refractivity contribution < 1.29 is 14.3 Å². The van der Waals surface area contributed by atoms with Gasteiger partial charge in [-0.1, -0.05) is 41.9 Å². The summed E-state index contributed by atoms with van der Waals surface area (Å²) >= 11 is 5.92. The number of amides is 1. The second-order valence-corrected chi connectivity index (χ2v) is 7.97. The van der Waals surface area contributed by atoms with E-state index in [-0.39, 0.29) is 11.5 Å². The fourth-order valence-corrected chi connectivity index (χ4v) is 3.39. The summed E-state index contributed by atoms with van der Waals surface area (Å²) in [4.78, 5) is 23.7. The van der Waals surface area contributed by atoms with Gasteiger partial charge in [-0.3, -0.25) is 9.59 Å². The number of halogens is 1. The van der Waals surface area contributed by atoms with Gasteiger partial charge in [0.2, 0.25) is 5.91 Å². The molecule has 0 unspecified atom stereocenters. The molecule has 0 bridgehead atoms. The Bertz CT molecular complexity index is 1390. The predicted octanol–water partition coefficient (Wildman–Crippen LogP) is 5.33. The number of benzene rings is 3. The highest BCUT2D eigenvalue weighted by Crippen LogP contribution is 2.29. The maximum Gasteiger partial charge on any atom is 0.264 e. The van der Waals surface area contributed by atoms with Gasteiger partial charge in [-0.2, -0.15) is 5.10 Å². The normalized spacial score (nSPS) is 10.8. The van der Waals surface area contributed by atoms with E-state index in [1.54, 1.807) is 49.6 Å². The minimum Gasteiger partial charge on any atom is -0.493 e. The molecule has 4 rings (SSSR count). The summed E-state index contributed by atoms with van der Waals surface area (Å²) in [6.45, 7) is 0.374. The fourth-order valence-electron chi connectivity index (χ4n) is 3.27. The molecule has 0 spiro atoms. The van der Waals surface area contributed by atoms with E-state index >= 15 is 0 Å². The molecule has 1 heterocycles. The van der Waals surface area contributed by atoms with Crippen LogP contribution in [0, 0.1) is 0 Å². The highest BCUT2D eigenvalue weighted by molar-refractivity contribution is 6.30. The SMILES string of the molecule is COc1cc(/C=C/C(=O)Nc2cccc(-c3ccc(=O)[nH]n3)c2)ccc1OCc1ccc(Cl)cc1. The van der Waals surface area contributed by atoms with Gasteiger partial charge in [-0.25, -0.2) is 5.10 Å². The minimum atomic E-state index is -0.293. The van der Waals surface area contributed by atoms with Gasteiger partial charge < -0.3 is 14.8 Å². The predicted molar refractivity (Wildman–Crippen MR) is 137 cm³/mol. The van der Waals surface area contributed by atoms with Crippen molar-refractivity contribution in [2.24, 2.45) is 0 Å². The van der Waals surface area contributed by atoms with E-state index < -0.39 is 0 Å². The Labute approximate surface area is 207 Å². The first-order valence-electron chi connectivity index (χ1n) is 10.7. The molecule has 35 heavy (non-hydrogen) atoms. The van der Waals surface area contributed by atoms with Crippen LogP contribution in [0.15, 0.2) is 89.7 Å². The zero-order valence-corrected chi connectivity index (χ0v) is 19.6. The number of methoxy groups -OCH3 is 1. The number of nitrogens with zero attached hydrogens (tertiary/aromatic N) is 1. The molecule has 7 nitrogen and oxygen atoms in total. The number of hydrogen-bond acceptors (Lipinski definition) is 5. The van der Waals surface area contributed by atoms with Crippen molar-refractivity contribution in [2.75, 3.05) is 12.4 Å². The van der Waals surface area contributed by atoms with Crippen molar-refractivity contribution in [1.82, 2.24) is 10.2 Å². The number of H-pyrrole nitrogens is 1. The molecule has 0 radical (unpaired) electrons. The van der Waals surface area contributed by atoms with Crippen molar-refractivity contribution in [1.29, 1.82) is 0 Å². The molecule has 8 heteroatoms. The van der Waals surface area contributed by atoms with Gasteiger partial charge in [0.1, 0.15) is 6.61 Å².